The third-order valence-corrected chi connectivity index (χ3v) is 2.97. The highest BCUT2D eigenvalue weighted by molar-refractivity contribution is 5.68. The molecule has 2 fully saturated rings. The first kappa shape index (κ1) is 12.6. The number of amides is 1. The molecule has 1 unspecified atom stereocenters. The van der Waals surface area contributed by atoms with Crippen molar-refractivity contribution in [2.45, 2.75) is 57.3 Å². The highest BCUT2D eigenvalue weighted by Gasteiger charge is 2.33. The Labute approximate surface area is 102 Å². The van der Waals surface area contributed by atoms with Crippen LogP contribution in [0.1, 0.15) is 33.6 Å². The third-order valence-electron chi connectivity index (χ3n) is 2.97. The summed E-state index contributed by atoms with van der Waals surface area (Å²) in [6.45, 7) is 7.10. The van der Waals surface area contributed by atoms with E-state index in [9.17, 15) is 4.79 Å². The van der Waals surface area contributed by atoms with Gasteiger partial charge in [0.15, 0.2) is 0 Å². The van der Waals surface area contributed by atoms with Crippen LogP contribution in [0.25, 0.3) is 0 Å². The molecule has 98 valence electrons. The number of ether oxygens (including phenoxy) is 2. The zero-order chi connectivity index (χ0) is 12.5. The molecular weight excluding hydrogens is 220 g/mol. The van der Waals surface area contributed by atoms with Crippen LogP contribution in [0.15, 0.2) is 0 Å². The van der Waals surface area contributed by atoms with Crippen LogP contribution < -0.4 is 10.6 Å². The molecule has 5 nitrogen and oxygen atoms in total. The van der Waals surface area contributed by atoms with E-state index >= 15 is 0 Å². The number of piperidine rings is 1. The van der Waals surface area contributed by atoms with Crippen molar-refractivity contribution < 1.29 is 14.3 Å². The topological polar surface area (TPSA) is 59.6 Å². The van der Waals surface area contributed by atoms with E-state index in [1.807, 2.05) is 20.8 Å². The van der Waals surface area contributed by atoms with E-state index in [0.717, 1.165) is 26.1 Å². The van der Waals surface area contributed by atoms with Gasteiger partial charge in [-0.15, -0.1) is 0 Å². The van der Waals surface area contributed by atoms with E-state index in [1.54, 1.807) is 0 Å². The van der Waals surface area contributed by atoms with Crippen molar-refractivity contribution in [3.63, 3.8) is 0 Å². The van der Waals surface area contributed by atoms with Crippen LogP contribution in [-0.4, -0.2) is 43.0 Å². The smallest absolute Gasteiger partial charge is 0.407 e. The largest absolute Gasteiger partial charge is 0.444 e. The van der Waals surface area contributed by atoms with Crippen LogP contribution in [-0.2, 0) is 9.47 Å². The van der Waals surface area contributed by atoms with Gasteiger partial charge in [-0.25, -0.2) is 4.79 Å². The van der Waals surface area contributed by atoms with Crippen molar-refractivity contribution in [1.29, 1.82) is 0 Å². The van der Waals surface area contributed by atoms with Crippen LogP contribution in [0.2, 0.25) is 0 Å². The van der Waals surface area contributed by atoms with Crippen molar-refractivity contribution in [1.82, 2.24) is 10.6 Å². The average molecular weight is 242 g/mol. The van der Waals surface area contributed by atoms with Crippen LogP contribution in [0.4, 0.5) is 4.79 Å². The maximum absolute atomic E-state index is 11.7. The molecule has 5 heteroatoms. The Morgan fingerprint density at radius 3 is 2.41 bits per heavy atom. The van der Waals surface area contributed by atoms with E-state index in [2.05, 4.69) is 10.6 Å². The Morgan fingerprint density at radius 1 is 1.29 bits per heavy atom. The Hall–Kier alpha value is -0.810. The number of carbonyl (C=O) groups excluding carboxylic acids is 1. The molecule has 0 saturated carbocycles. The number of morpholine rings is 1. The predicted octanol–water partition coefficient (Wildman–Crippen LogP) is 1.03. The first-order valence-corrected chi connectivity index (χ1v) is 6.26. The standard InChI is InChI=1S/C12H22N2O3/c1-12(2,3)17-11(15)14-8-4-9-6-16-7-10(5-8)13-9/h8-10,13H,4-7H2,1-3H3,(H,14,15)/t8?,9-,10+. The summed E-state index contributed by atoms with van der Waals surface area (Å²) in [6, 6.07) is 0.926. The summed E-state index contributed by atoms with van der Waals surface area (Å²) in [4.78, 5) is 11.7. The van der Waals surface area contributed by atoms with E-state index in [1.165, 1.54) is 0 Å². The van der Waals surface area contributed by atoms with Gasteiger partial charge >= 0.3 is 6.09 Å². The first-order valence-electron chi connectivity index (χ1n) is 6.26. The van der Waals surface area contributed by atoms with Crippen LogP contribution in [0, 0.1) is 0 Å². The lowest BCUT2D eigenvalue weighted by molar-refractivity contribution is 0.0100. The van der Waals surface area contributed by atoms with Gasteiger partial charge in [0.2, 0.25) is 0 Å². The number of alkyl carbamates (subject to hydrolysis) is 1. The summed E-state index contributed by atoms with van der Waals surface area (Å²) in [5, 5.41) is 6.43. The molecule has 0 spiro atoms. The van der Waals surface area contributed by atoms with Gasteiger partial charge in [0, 0.05) is 18.1 Å². The molecule has 3 atom stereocenters. The molecule has 0 radical (unpaired) electrons. The Kier molecular flexibility index (Phi) is 3.58. The van der Waals surface area contributed by atoms with Crippen molar-refractivity contribution in [2.24, 2.45) is 0 Å². The molecule has 0 aromatic carbocycles. The predicted molar refractivity (Wildman–Crippen MR) is 63.9 cm³/mol. The minimum atomic E-state index is -0.435. The second-order valence-electron chi connectivity index (χ2n) is 5.91. The lowest BCUT2D eigenvalue weighted by atomic mass is 9.93. The maximum Gasteiger partial charge on any atom is 0.407 e. The summed E-state index contributed by atoms with van der Waals surface area (Å²) < 4.78 is 10.7. The molecule has 2 saturated heterocycles. The zero-order valence-electron chi connectivity index (χ0n) is 10.8. The Balaban J connectivity index is 1.81. The number of nitrogens with one attached hydrogen (secondary N) is 2. The molecule has 2 heterocycles. The number of fused-ring (bicyclic) bond motifs is 2. The summed E-state index contributed by atoms with van der Waals surface area (Å²) in [7, 11) is 0. The molecule has 2 aliphatic heterocycles. The van der Waals surface area contributed by atoms with Crippen LogP contribution in [0.5, 0.6) is 0 Å². The number of hydrogen-bond acceptors (Lipinski definition) is 4. The third kappa shape index (κ3) is 3.85. The molecule has 17 heavy (non-hydrogen) atoms. The van der Waals surface area contributed by atoms with Crippen molar-refractivity contribution in [2.75, 3.05) is 13.2 Å². The molecular formula is C12H22N2O3. The van der Waals surface area contributed by atoms with E-state index in [4.69, 9.17) is 9.47 Å². The summed E-state index contributed by atoms with van der Waals surface area (Å²) in [5.41, 5.74) is -0.435. The molecule has 2 aliphatic rings. The van der Waals surface area contributed by atoms with E-state index < -0.39 is 5.60 Å². The first-order chi connectivity index (χ1) is 7.92. The Morgan fingerprint density at radius 2 is 1.88 bits per heavy atom. The van der Waals surface area contributed by atoms with Gasteiger partial charge in [-0.3, -0.25) is 0 Å². The number of hydrogen-bond donors (Lipinski definition) is 2. The molecule has 0 aromatic rings. The molecule has 2 rings (SSSR count). The fourth-order valence-corrected chi connectivity index (χ4v) is 2.43. The maximum atomic E-state index is 11.7. The summed E-state index contributed by atoms with van der Waals surface area (Å²) in [5.74, 6) is 0. The van der Waals surface area contributed by atoms with Gasteiger partial charge in [0.1, 0.15) is 5.60 Å². The highest BCUT2D eigenvalue weighted by atomic mass is 16.6. The molecule has 2 N–H and O–H groups in total. The lowest BCUT2D eigenvalue weighted by Gasteiger charge is -2.40. The van der Waals surface area contributed by atoms with E-state index in [0.29, 0.717) is 12.1 Å². The highest BCUT2D eigenvalue weighted by Crippen LogP contribution is 2.19. The van der Waals surface area contributed by atoms with Gasteiger partial charge in [-0.1, -0.05) is 0 Å². The number of carbonyl (C=O) groups is 1. The van der Waals surface area contributed by atoms with Crippen LogP contribution in [0.3, 0.4) is 0 Å². The molecule has 0 aliphatic carbocycles. The lowest BCUT2D eigenvalue weighted by Crippen LogP contribution is -2.58. The quantitative estimate of drug-likeness (QED) is 0.721. The second-order valence-corrected chi connectivity index (χ2v) is 5.91. The summed E-state index contributed by atoms with van der Waals surface area (Å²) in [6.07, 6.45) is 1.51. The van der Waals surface area contributed by atoms with E-state index in [-0.39, 0.29) is 12.1 Å². The van der Waals surface area contributed by atoms with Gasteiger partial charge in [0.05, 0.1) is 13.2 Å². The normalized spacial score (nSPS) is 33.0. The number of rotatable bonds is 1. The molecule has 2 bridgehead atoms. The van der Waals surface area contributed by atoms with Crippen molar-refractivity contribution in [3.8, 4) is 0 Å². The fourth-order valence-electron chi connectivity index (χ4n) is 2.43. The molecule has 1 amide bonds. The fraction of sp³-hybridized carbons (Fsp3) is 0.917. The van der Waals surface area contributed by atoms with Gasteiger partial charge in [0.25, 0.3) is 0 Å². The monoisotopic (exact) mass is 242 g/mol. The van der Waals surface area contributed by atoms with Crippen molar-refractivity contribution in [3.05, 3.63) is 0 Å². The second kappa shape index (κ2) is 4.82. The zero-order valence-corrected chi connectivity index (χ0v) is 10.8. The van der Waals surface area contributed by atoms with Gasteiger partial charge in [-0.05, 0) is 33.6 Å². The minimum Gasteiger partial charge on any atom is -0.444 e. The Bertz CT molecular complexity index is 276. The average Bonchev–Trinajstić information content (AvgIpc) is 2.13. The molecule has 0 aromatic heterocycles. The van der Waals surface area contributed by atoms with Crippen molar-refractivity contribution >= 4 is 6.09 Å². The van der Waals surface area contributed by atoms with Crippen LogP contribution >= 0.6 is 0 Å². The van der Waals surface area contributed by atoms with Gasteiger partial charge < -0.3 is 20.1 Å². The SMILES string of the molecule is CC(C)(C)OC(=O)NC1C[C@H]2COC[C@@H](C1)N2. The summed E-state index contributed by atoms with van der Waals surface area (Å²) >= 11 is 0. The minimum absolute atomic E-state index is 0.199. The van der Waals surface area contributed by atoms with Gasteiger partial charge in [-0.2, -0.15) is 0 Å².